The van der Waals surface area contributed by atoms with Crippen LogP contribution in [0.5, 0.6) is 11.5 Å². The number of hydrogen-bond donors (Lipinski definition) is 0. The molecule has 4 nitrogen and oxygen atoms in total. The van der Waals surface area contributed by atoms with E-state index in [1.54, 1.807) is 24.3 Å². The van der Waals surface area contributed by atoms with Gasteiger partial charge in [-0.1, -0.05) is 92.5 Å². The zero-order chi connectivity index (χ0) is 42.6. The van der Waals surface area contributed by atoms with Gasteiger partial charge in [-0.3, -0.25) is 9.59 Å². The molecular formula is C50H33Br2Cl3O4. The van der Waals surface area contributed by atoms with Gasteiger partial charge in [-0.15, -0.1) is 6.42 Å². The van der Waals surface area contributed by atoms with Gasteiger partial charge in [0.05, 0.1) is 10.0 Å². The summed E-state index contributed by atoms with van der Waals surface area (Å²) in [5, 5.41) is 6.08. The highest BCUT2D eigenvalue weighted by Gasteiger charge is 2.10. The van der Waals surface area contributed by atoms with Crippen LogP contribution >= 0.6 is 66.7 Å². The van der Waals surface area contributed by atoms with Crippen molar-refractivity contribution < 1.29 is 19.1 Å². The Labute approximate surface area is 376 Å². The number of ether oxygens (including phenoxy) is 2. The molecule has 7 rings (SSSR count). The van der Waals surface area contributed by atoms with E-state index in [9.17, 15) is 9.59 Å². The molecule has 0 aliphatic rings. The first-order chi connectivity index (χ1) is 28.2. The molecule has 0 aliphatic carbocycles. The molecule has 9 heteroatoms. The molecule has 0 saturated carbocycles. The molecule has 0 spiro atoms. The molecule has 0 radical (unpaired) electrons. The maximum atomic E-state index is 11.7. The second-order valence-electron chi connectivity index (χ2n) is 12.9. The van der Waals surface area contributed by atoms with E-state index in [1.165, 1.54) is 19.4 Å². The summed E-state index contributed by atoms with van der Waals surface area (Å²) in [4.78, 5) is 22.7. The van der Waals surface area contributed by atoms with Crippen molar-refractivity contribution in [1.29, 1.82) is 0 Å². The predicted molar refractivity (Wildman–Crippen MR) is 250 cm³/mol. The Balaban J connectivity index is 0.000000209. The number of fused-ring (bicyclic) bond motifs is 2. The number of aryl methyl sites for hydroxylation is 2. The standard InChI is InChI=1S/C29H18Cl2O2.C13H10Br2O2.C8H5Cl/c1-19-15-25-17-24(10-4-22-7-13-28(31)14-8-22)29(33-20(2)32)18-26(25)16-23(19)9-3-21-5-11-27(30)12-6-21;1-7-3-9-5-12(15)13(17-8(2)16)6-10(9)4-11(7)14;1-2-7-3-5-8(9)6-4-7/h5-8,11-18H,1-2H3;3-6H,1-2H3;1,3-6H. The Morgan fingerprint density at radius 3 is 1.41 bits per heavy atom. The van der Waals surface area contributed by atoms with Gasteiger partial charge in [0.25, 0.3) is 0 Å². The Kier molecular flexibility index (Phi) is 15.9. The van der Waals surface area contributed by atoms with Crippen LogP contribution in [0.15, 0.2) is 130 Å². The minimum Gasteiger partial charge on any atom is -0.425 e. The highest BCUT2D eigenvalue weighted by atomic mass is 79.9. The molecule has 0 atom stereocenters. The van der Waals surface area contributed by atoms with E-state index in [0.717, 1.165) is 58.3 Å². The molecule has 7 aromatic carbocycles. The fraction of sp³-hybridized carbons (Fsp3) is 0.0800. The fourth-order valence-corrected chi connectivity index (χ4v) is 6.61. The molecule has 0 unspecified atom stereocenters. The van der Waals surface area contributed by atoms with Crippen LogP contribution in [0, 0.1) is 49.9 Å². The molecule has 0 saturated heterocycles. The normalized spacial score (nSPS) is 9.97. The molecule has 292 valence electrons. The van der Waals surface area contributed by atoms with Crippen LogP contribution < -0.4 is 9.47 Å². The largest absolute Gasteiger partial charge is 0.425 e. The van der Waals surface area contributed by atoms with Crippen molar-refractivity contribution in [1.82, 2.24) is 0 Å². The van der Waals surface area contributed by atoms with Crippen LogP contribution in [-0.2, 0) is 9.59 Å². The van der Waals surface area contributed by atoms with Crippen molar-refractivity contribution in [2.45, 2.75) is 27.7 Å². The van der Waals surface area contributed by atoms with E-state index in [2.05, 4.69) is 73.6 Å². The first-order valence-electron chi connectivity index (χ1n) is 17.8. The van der Waals surface area contributed by atoms with Gasteiger partial charge in [-0.25, -0.2) is 0 Å². The van der Waals surface area contributed by atoms with Crippen molar-refractivity contribution in [3.8, 4) is 47.5 Å². The lowest BCUT2D eigenvalue weighted by Gasteiger charge is -2.09. The summed E-state index contributed by atoms with van der Waals surface area (Å²) in [5.41, 5.74) is 6.30. The average Bonchev–Trinajstić information content (AvgIpc) is 3.19. The summed E-state index contributed by atoms with van der Waals surface area (Å²) in [7, 11) is 0. The summed E-state index contributed by atoms with van der Waals surface area (Å²) in [5.74, 6) is 15.3. The summed E-state index contributed by atoms with van der Waals surface area (Å²) in [6.45, 7) is 6.82. The molecule has 0 heterocycles. The second-order valence-corrected chi connectivity index (χ2v) is 16.0. The lowest BCUT2D eigenvalue weighted by atomic mass is 9.99. The van der Waals surface area contributed by atoms with E-state index in [4.69, 9.17) is 50.7 Å². The first kappa shape index (κ1) is 44.6. The molecule has 0 aromatic heterocycles. The third-order valence-corrected chi connectivity index (χ3v) is 10.6. The molecule has 0 aliphatic heterocycles. The number of hydrogen-bond acceptors (Lipinski definition) is 4. The SMILES string of the molecule is C#Cc1ccc(Cl)cc1.CC(=O)Oc1cc2cc(Br)c(C)cc2cc1Br.CC(=O)Oc1cc2cc(C#Cc3ccc(Cl)cc3)c(C)cc2cc1C#Cc1ccc(Cl)cc1. The van der Waals surface area contributed by atoms with Gasteiger partial charge in [0.2, 0.25) is 0 Å². The Bertz CT molecular complexity index is 2860. The van der Waals surface area contributed by atoms with Crippen LogP contribution in [0.4, 0.5) is 0 Å². The van der Waals surface area contributed by atoms with Crippen molar-refractivity contribution in [3.05, 3.63) is 184 Å². The quantitative estimate of drug-likeness (QED) is 0.0984. The third kappa shape index (κ3) is 13.3. The molecule has 0 N–H and O–H groups in total. The minimum absolute atomic E-state index is 0.323. The monoisotopic (exact) mass is 960 g/mol. The number of benzene rings is 7. The van der Waals surface area contributed by atoms with Gasteiger partial charge in [0.15, 0.2) is 0 Å². The molecule has 0 amide bonds. The summed E-state index contributed by atoms with van der Waals surface area (Å²) in [6.07, 6.45) is 5.11. The third-order valence-electron chi connectivity index (χ3n) is 8.34. The lowest BCUT2D eigenvalue weighted by molar-refractivity contribution is -0.132. The predicted octanol–water partition coefficient (Wildman–Crippen LogP) is 14.1. The molecule has 7 aromatic rings. The van der Waals surface area contributed by atoms with Gasteiger partial charge in [-0.05, 0) is 172 Å². The van der Waals surface area contributed by atoms with Gasteiger partial charge in [-0.2, -0.15) is 0 Å². The first-order valence-corrected chi connectivity index (χ1v) is 20.5. The highest BCUT2D eigenvalue weighted by Crippen LogP contribution is 2.33. The Morgan fingerprint density at radius 1 is 0.492 bits per heavy atom. The zero-order valence-corrected chi connectivity index (χ0v) is 37.6. The summed E-state index contributed by atoms with van der Waals surface area (Å²) >= 11 is 24.4. The van der Waals surface area contributed by atoms with Crippen LogP contribution in [-0.4, -0.2) is 11.9 Å². The number of carbonyl (C=O) groups excluding carboxylic acids is 2. The van der Waals surface area contributed by atoms with Crippen molar-refractivity contribution in [2.75, 3.05) is 0 Å². The summed E-state index contributed by atoms with van der Waals surface area (Å²) < 4.78 is 12.4. The van der Waals surface area contributed by atoms with Gasteiger partial charge >= 0.3 is 11.9 Å². The van der Waals surface area contributed by atoms with E-state index in [0.29, 0.717) is 32.1 Å². The van der Waals surface area contributed by atoms with Gasteiger partial charge < -0.3 is 9.47 Å². The Hall–Kier alpha value is -5.49. The lowest BCUT2D eigenvalue weighted by Crippen LogP contribution is -2.03. The smallest absolute Gasteiger partial charge is 0.308 e. The van der Waals surface area contributed by atoms with Gasteiger partial charge in [0.1, 0.15) is 11.5 Å². The number of rotatable bonds is 2. The van der Waals surface area contributed by atoms with E-state index < -0.39 is 5.97 Å². The van der Waals surface area contributed by atoms with Crippen molar-refractivity contribution >= 4 is 100 Å². The molecular weight excluding hydrogens is 931 g/mol. The van der Waals surface area contributed by atoms with Gasteiger partial charge in [0, 0.05) is 55.6 Å². The maximum Gasteiger partial charge on any atom is 0.308 e. The van der Waals surface area contributed by atoms with Crippen molar-refractivity contribution in [2.24, 2.45) is 0 Å². The van der Waals surface area contributed by atoms with Crippen LogP contribution in [0.2, 0.25) is 15.1 Å². The summed E-state index contributed by atoms with van der Waals surface area (Å²) in [6, 6.07) is 37.6. The van der Waals surface area contributed by atoms with E-state index in [1.807, 2.05) is 98.8 Å². The van der Waals surface area contributed by atoms with E-state index in [-0.39, 0.29) is 5.97 Å². The average molecular weight is 964 g/mol. The topological polar surface area (TPSA) is 52.6 Å². The number of esters is 2. The zero-order valence-electron chi connectivity index (χ0n) is 32.1. The van der Waals surface area contributed by atoms with Crippen LogP contribution in [0.1, 0.15) is 52.8 Å². The number of carbonyl (C=O) groups is 2. The van der Waals surface area contributed by atoms with Crippen molar-refractivity contribution in [3.63, 3.8) is 0 Å². The van der Waals surface area contributed by atoms with E-state index >= 15 is 0 Å². The second kappa shape index (κ2) is 21.0. The number of terminal acetylenes is 1. The van der Waals surface area contributed by atoms with Crippen LogP contribution in [0.3, 0.4) is 0 Å². The molecule has 0 fully saturated rings. The fourth-order valence-electron chi connectivity index (χ4n) is 5.43. The number of halogens is 5. The van der Waals surface area contributed by atoms with Crippen LogP contribution in [0.25, 0.3) is 21.5 Å². The highest BCUT2D eigenvalue weighted by molar-refractivity contribution is 9.10. The Morgan fingerprint density at radius 2 is 0.881 bits per heavy atom. The molecule has 0 bridgehead atoms. The molecule has 59 heavy (non-hydrogen) atoms. The maximum absolute atomic E-state index is 11.7. The minimum atomic E-state index is -0.404.